The number of methoxy groups -OCH3 is 3. The van der Waals surface area contributed by atoms with E-state index >= 15 is 0 Å². The standard InChI is InChI=1S/C24H27NO6/c1-15-6-8-16(9-7-15)22(26)20-21(18-11-10-17(30-3)14-19(18)31-4)25(12-5-13-29-2)24(28)23(20)27/h6-11,14,21,26H,5,12-13H2,1-4H3. The van der Waals surface area contributed by atoms with Gasteiger partial charge >= 0.3 is 0 Å². The summed E-state index contributed by atoms with van der Waals surface area (Å²) in [5.41, 5.74) is 2.12. The van der Waals surface area contributed by atoms with E-state index in [2.05, 4.69) is 0 Å². The van der Waals surface area contributed by atoms with E-state index < -0.39 is 17.7 Å². The van der Waals surface area contributed by atoms with Crippen LogP contribution in [0.3, 0.4) is 0 Å². The molecule has 1 fully saturated rings. The smallest absolute Gasteiger partial charge is 0.295 e. The maximum absolute atomic E-state index is 13.0. The largest absolute Gasteiger partial charge is 0.507 e. The van der Waals surface area contributed by atoms with Gasteiger partial charge in [-0.1, -0.05) is 29.8 Å². The number of carbonyl (C=O) groups excluding carboxylic acids is 2. The molecule has 1 amide bonds. The summed E-state index contributed by atoms with van der Waals surface area (Å²) in [6, 6.07) is 11.5. The lowest BCUT2D eigenvalue weighted by Crippen LogP contribution is -2.31. The van der Waals surface area contributed by atoms with Crippen LogP contribution in [0.4, 0.5) is 0 Å². The number of ketones is 1. The number of hydrogen-bond acceptors (Lipinski definition) is 6. The number of ether oxygens (including phenoxy) is 3. The third kappa shape index (κ3) is 4.41. The molecule has 7 heteroatoms. The number of aryl methyl sites for hydroxylation is 1. The molecule has 164 valence electrons. The average Bonchev–Trinajstić information content (AvgIpc) is 3.03. The van der Waals surface area contributed by atoms with Crippen molar-refractivity contribution >= 4 is 17.4 Å². The van der Waals surface area contributed by atoms with Gasteiger partial charge in [-0.05, 0) is 25.5 Å². The quantitative estimate of drug-likeness (QED) is 0.302. The second-order valence-electron chi connectivity index (χ2n) is 7.31. The summed E-state index contributed by atoms with van der Waals surface area (Å²) >= 11 is 0. The highest BCUT2D eigenvalue weighted by Crippen LogP contribution is 2.43. The number of Topliss-reactive ketones (excluding diaryl/α,β-unsaturated/α-hetero) is 1. The fourth-order valence-electron chi connectivity index (χ4n) is 3.72. The Morgan fingerprint density at radius 3 is 2.35 bits per heavy atom. The van der Waals surface area contributed by atoms with Crippen molar-refractivity contribution in [2.45, 2.75) is 19.4 Å². The molecule has 7 nitrogen and oxygen atoms in total. The van der Waals surface area contributed by atoms with Crippen LogP contribution in [0.15, 0.2) is 48.0 Å². The maximum Gasteiger partial charge on any atom is 0.295 e. The number of rotatable bonds is 8. The number of benzene rings is 2. The van der Waals surface area contributed by atoms with Crippen LogP contribution in [0, 0.1) is 6.92 Å². The monoisotopic (exact) mass is 425 g/mol. The van der Waals surface area contributed by atoms with E-state index in [4.69, 9.17) is 14.2 Å². The molecule has 3 rings (SSSR count). The SMILES string of the molecule is COCCCN1C(=O)C(=O)C(=C(O)c2ccc(C)cc2)C1c1ccc(OC)cc1OC. The minimum atomic E-state index is -0.793. The zero-order valence-corrected chi connectivity index (χ0v) is 18.2. The second-order valence-corrected chi connectivity index (χ2v) is 7.31. The van der Waals surface area contributed by atoms with Gasteiger partial charge in [0.25, 0.3) is 11.7 Å². The molecular formula is C24H27NO6. The van der Waals surface area contributed by atoms with E-state index in [0.29, 0.717) is 42.2 Å². The number of carbonyl (C=O) groups is 2. The van der Waals surface area contributed by atoms with Crippen molar-refractivity contribution in [3.05, 3.63) is 64.7 Å². The van der Waals surface area contributed by atoms with Crippen molar-refractivity contribution in [2.75, 3.05) is 34.5 Å². The first kappa shape index (κ1) is 22.4. The molecule has 0 saturated carbocycles. The lowest BCUT2D eigenvalue weighted by Gasteiger charge is -2.26. The summed E-state index contributed by atoms with van der Waals surface area (Å²) in [5, 5.41) is 11.1. The summed E-state index contributed by atoms with van der Waals surface area (Å²) < 4.78 is 15.9. The number of likely N-dealkylation sites (tertiary alicyclic amines) is 1. The number of hydrogen-bond donors (Lipinski definition) is 1. The Balaban J connectivity index is 2.18. The summed E-state index contributed by atoms with van der Waals surface area (Å²) in [6.45, 7) is 2.66. The van der Waals surface area contributed by atoms with Gasteiger partial charge in [0.1, 0.15) is 17.3 Å². The molecule has 1 heterocycles. The molecule has 0 bridgehead atoms. The van der Waals surface area contributed by atoms with Crippen LogP contribution in [-0.4, -0.2) is 56.2 Å². The third-order valence-electron chi connectivity index (χ3n) is 5.35. The Labute approximate surface area is 181 Å². The molecule has 31 heavy (non-hydrogen) atoms. The summed E-state index contributed by atoms with van der Waals surface area (Å²) in [6.07, 6.45) is 0.545. The molecule has 1 atom stereocenters. The molecule has 0 radical (unpaired) electrons. The first-order valence-corrected chi connectivity index (χ1v) is 9.99. The van der Waals surface area contributed by atoms with E-state index in [1.807, 2.05) is 19.1 Å². The highest BCUT2D eigenvalue weighted by atomic mass is 16.5. The van der Waals surface area contributed by atoms with Gasteiger partial charge in [0.05, 0.1) is 25.8 Å². The maximum atomic E-state index is 13.0. The summed E-state index contributed by atoms with van der Waals surface area (Å²) in [7, 11) is 4.63. The van der Waals surface area contributed by atoms with E-state index in [0.717, 1.165) is 5.56 Å². The summed E-state index contributed by atoms with van der Waals surface area (Å²) in [4.78, 5) is 27.4. The molecule has 2 aromatic carbocycles. The lowest BCUT2D eigenvalue weighted by molar-refractivity contribution is -0.140. The van der Waals surface area contributed by atoms with E-state index in [1.54, 1.807) is 44.6 Å². The van der Waals surface area contributed by atoms with Crippen LogP contribution >= 0.6 is 0 Å². The topological polar surface area (TPSA) is 85.3 Å². The van der Waals surface area contributed by atoms with Crippen LogP contribution in [0.25, 0.3) is 5.76 Å². The van der Waals surface area contributed by atoms with Gasteiger partial charge in [0.2, 0.25) is 0 Å². The average molecular weight is 425 g/mol. The van der Waals surface area contributed by atoms with Crippen LogP contribution in [0.1, 0.15) is 29.2 Å². The normalized spacial score (nSPS) is 17.8. The fraction of sp³-hybridized carbons (Fsp3) is 0.333. The molecule has 1 saturated heterocycles. The summed E-state index contributed by atoms with van der Waals surface area (Å²) in [5.74, 6) is -0.560. The first-order chi connectivity index (χ1) is 14.9. The van der Waals surface area contributed by atoms with Crippen LogP contribution in [-0.2, 0) is 14.3 Å². The molecule has 1 unspecified atom stereocenters. The molecule has 1 aliphatic heterocycles. The zero-order valence-electron chi connectivity index (χ0n) is 18.2. The molecule has 1 N–H and O–H groups in total. The molecular weight excluding hydrogens is 398 g/mol. The Hall–Kier alpha value is -3.32. The van der Waals surface area contributed by atoms with Crippen molar-refractivity contribution in [2.24, 2.45) is 0 Å². The van der Waals surface area contributed by atoms with E-state index in [-0.39, 0.29) is 11.3 Å². The fourth-order valence-corrected chi connectivity index (χ4v) is 3.72. The Morgan fingerprint density at radius 1 is 1.03 bits per heavy atom. The molecule has 0 spiro atoms. The van der Waals surface area contributed by atoms with Gasteiger partial charge in [-0.25, -0.2) is 0 Å². The second kappa shape index (κ2) is 9.66. The van der Waals surface area contributed by atoms with Gasteiger partial charge in [0, 0.05) is 37.5 Å². The third-order valence-corrected chi connectivity index (χ3v) is 5.35. The predicted octanol–water partition coefficient (Wildman–Crippen LogP) is 3.47. The van der Waals surface area contributed by atoms with Crippen LogP contribution < -0.4 is 9.47 Å². The Bertz CT molecular complexity index is 996. The first-order valence-electron chi connectivity index (χ1n) is 9.99. The number of amides is 1. The van der Waals surface area contributed by atoms with Gasteiger partial charge < -0.3 is 24.2 Å². The van der Waals surface area contributed by atoms with E-state index in [1.165, 1.54) is 12.0 Å². The van der Waals surface area contributed by atoms with Crippen molar-refractivity contribution < 1.29 is 28.9 Å². The van der Waals surface area contributed by atoms with Crippen molar-refractivity contribution in [3.63, 3.8) is 0 Å². The molecule has 1 aliphatic rings. The molecule has 0 aliphatic carbocycles. The van der Waals surface area contributed by atoms with E-state index in [9.17, 15) is 14.7 Å². The number of nitrogens with zero attached hydrogens (tertiary/aromatic N) is 1. The van der Waals surface area contributed by atoms with Crippen LogP contribution in [0.5, 0.6) is 11.5 Å². The highest BCUT2D eigenvalue weighted by molar-refractivity contribution is 6.46. The van der Waals surface area contributed by atoms with Crippen molar-refractivity contribution in [1.29, 1.82) is 0 Å². The minimum Gasteiger partial charge on any atom is -0.507 e. The van der Waals surface area contributed by atoms with Crippen molar-refractivity contribution in [1.82, 2.24) is 4.90 Å². The number of aliphatic hydroxyl groups is 1. The Kier molecular flexibility index (Phi) is 6.97. The zero-order chi connectivity index (χ0) is 22.5. The van der Waals surface area contributed by atoms with Gasteiger partial charge in [0.15, 0.2) is 0 Å². The van der Waals surface area contributed by atoms with Gasteiger partial charge in [-0.15, -0.1) is 0 Å². The van der Waals surface area contributed by atoms with Gasteiger partial charge in [-0.3, -0.25) is 9.59 Å². The van der Waals surface area contributed by atoms with Gasteiger partial charge in [-0.2, -0.15) is 0 Å². The lowest BCUT2D eigenvalue weighted by atomic mass is 9.94. The van der Waals surface area contributed by atoms with Crippen LogP contribution in [0.2, 0.25) is 0 Å². The van der Waals surface area contributed by atoms with Crippen molar-refractivity contribution in [3.8, 4) is 11.5 Å². The minimum absolute atomic E-state index is 0.0368. The number of aliphatic hydroxyl groups excluding tert-OH is 1. The highest BCUT2D eigenvalue weighted by Gasteiger charge is 2.46. The molecule has 2 aromatic rings. The Morgan fingerprint density at radius 2 is 1.74 bits per heavy atom. The predicted molar refractivity (Wildman–Crippen MR) is 116 cm³/mol. The molecule has 0 aromatic heterocycles.